The second-order valence-electron chi connectivity index (χ2n) is 3.78. The highest BCUT2D eigenvalue weighted by molar-refractivity contribution is 7.85. The molecule has 1 N–H and O–H groups in total. The quantitative estimate of drug-likeness (QED) is 0.689. The minimum Gasteiger partial charge on any atom is -0.314 e. The highest BCUT2D eigenvalue weighted by Crippen LogP contribution is 2.09. The standard InChI is InChI=1S/C10H21NOS/c1-2-3-4-7-11-10-5-8-13(12)9-6-10/h10-11H,2-9H2,1H3. The van der Waals surface area contributed by atoms with Crippen LogP contribution in [0.2, 0.25) is 0 Å². The Morgan fingerprint density at radius 3 is 2.62 bits per heavy atom. The molecule has 2 nitrogen and oxygen atoms in total. The number of hydrogen-bond donors (Lipinski definition) is 1. The Bertz CT molecular complexity index is 151. The SMILES string of the molecule is CCCCCNC1CCS(=O)CC1. The molecule has 0 aromatic carbocycles. The lowest BCUT2D eigenvalue weighted by Crippen LogP contribution is -2.36. The normalized spacial score (nSPS) is 29.0. The van der Waals surface area contributed by atoms with Crippen molar-refractivity contribution >= 4 is 10.8 Å². The van der Waals surface area contributed by atoms with E-state index in [1.165, 1.54) is 19.3 Å². The molecule has 1 heterocycles. The van der Waals surface area contributed by atoms with Crippen LogP contribution < -0.4 is 5.32 Å². The van der Waals surface area contributed by atoms with Crippen LogP contribution in [0.3, 0.4) is 0 Å². The van der Waals surface area contributed by atoms with Gasteiger partial charge in [-0.1, -0.05) is 19.8 Å². The van der Waals surface area contributed by atoms with E-state index in [1.54, 1.807) is 0 Å². The maximum atomic E-state index is 11.1. The summed E-state index contributed by atoms with van der Waals surface area (Å²) < 4.78 is 11.1. The van der Waals surface area contributed by atoms with Crippen LogP contribution in [0.25, 0.3) is 0 Å². The van der Waals surface area contributed by atoms with Crippen LogP contribution in [-0.2, 0) is 10.8 Å². The summed E-state index contributed by atoms with van der Waals surface area (Å²) in [7, 11) is -0.510. The van der Waals surface area contributed by atoms with Crippen LogP contribution in [0.5, 0.6) is 0 Å². The van der Waals surface area contributed by atoms with Crippen LogP contribution in [0.15, 0.2) is 0 Å². The van der Waals surface area contributed by atoms with E-state index in [0.29, 0.717) is 6.04 Å². The molecule has 0 aliphatic carbocycles. The molecule has 0 spiro atoms. The molecule has 3 heteroatoms. The molecule has 0 saturated carbocycles. The summed E-state index contributed by atoms with van der Waals surface area (Å²) in [6, 6.07) is 0.648. The van der Waals surface area contributed by atoms with Crippen molar-refractivity contribution in [2.45, 2.75) is 45.1 Å². The Hall–Kier alpha value is 0.110. The van der Waals surface area contributed by atoms with Crippen molar-refractivity contribution < 1.29 is 4.21 Å². The Morgan fingerprint density at radius 1 is 1.31 bits per heavy atom. The summed E-state index contributed by atoms with van der Waals surface area (Å²) in [4.78, 5) is 0. The van der Waals surface area contributed by atoms with Crippen molar-refractivity contribution in [3.63, 3.8) is 0 Å². The molecule has 1 rings (SSSR count). The fraction of sp³-hybridized carbons (Fsp3) is 1.00. The zero-order chi connectivity index (χ0) is 9.52. The van der Waals surface area contributed by atoms with Crippen molar-refractivity contribution in [2.75, 3.05) is 18.1 Å². The number of hydrogen-bond acceptors (Lipinski definition) is 2. The van der Waals surface area contributed by atoms with Crippen molar-refractivity contribution in [3.8, 4) is 0 Å². The zero-order valence-corrected chi connectivity index (χ0v) is 9.37. The monoisotopic (exact) mass is 203 g/mol. The first-order valence-corrected chi connectivity index (χ1v) is 6.90. The highest BCUT2D eigenvalue weighted by Gasteiger charge is 2.16. The molecule has 1 saturated heterocycles. The fourth-order valence-corrected chi connectivity index (χ4v) is 2.98. The molecule has 0 bridgehead atoms. The predicted molar refractivity (Wildman–Crippen MR) is 58.4 cm³/mol. The third-order valence-corrected chi connectivity index (χ3v) is 3.98. The van der Waals surface area contributed by atoms with Gasteiger partial charge in [-0.25, -0.2) is 0 Å². The van der Waals surface area contributed by atoms with E-state index >= 15 is 0 Å². The lowest BCUT2D eigenvalue weighted by atomic mass is 10.1. The largest absolute Gasteiger partial charge is 0.314 e. The molecular formula is C10H21NOS. The third kappa shape index (κ3) is 4.77. The van der Waals surface area contributed by atoms with Crippen LogP contribution in [0.1, 0.15) is 39.0 Å². The van der Waals surface area contributed by atoms with Crippen LogP contribution in [0, 0.1) is 0 Å². The summed E-state index contributed by atoms with van der Waals surface area (Å²) in [5, 5.41) is 3.54. The van der Waals surface area contributed by atoms with Gasteiger partial charge in [0.1, 0.15) is 0 Å². The zero-order valence-electron chi connectivity index (χ0n) is 8.55. The molecule has 1 aliphatic heterocycles. The maximum Gasteiger partial charge on any atom is 0.0249 e. The van der Waals surface area contributed by atoms with E-state index in [4.69, 9.17) is 0 Å². The minimum atomic E-state index is -0.510. The third-order valence-electron chi connectivity index (χ3n) is 2.60. The predicted octanol–water partition coefficient (Wildman–Crippen LogP) is 1.68. The van der Waals surface area contributed by atoms with Gasteiger partial charge in [-0.2, -0.15) is 0 Å². The van der Waals surface area contributed by atoms with E-state index < -0.39 is 10.8 Å². The number of nitrogens with one attached hydrogen (secondary N) is 1. The summed E-state index contributed by atoms with van der Waals surface area (Å²) in [6.07, 6.45) is 6.12. The van der Waals surface area contributed by atoms with Crippen LogP contribution in [-0.4, -0.2) is 28.3 Å². The van der Waals surface area contributed by atoms with E-state index in [9.17, 15) is 4.21 Å². The van der Waals surface area contributed by atoms with Gasteiger partial charge in [0.2, 0.25) is 0 Å². The molecule has 13 heavy (non-hydrogen) atoms. The van der Waals surface area contributed by atoms with Crippen molar-refractivity contribution in [2.24, 2.45) is 0 Å². The Balaban J connectivity index is 1.99. The molecular weight excluding hydrogens is 182 g/mol. The molecule has 0 aromatic rings. The first kappa shape index (κ1) is 11.2. The van der Waals surface area contributed by atoms with Crippen LogP contribution in [0.4, 0.5) is 0 Å². The number of rotatable bonds is 5. The van der Waals surface area contributed by atoms with Gasteiger partial charge in [0.15, 0.2) is 0 Å². The first-order chi connectivity index (χ1) is 6.33. The average Bonchev–Trinajstić information content (AvgIpc) is 2.15. The van der Waals surface area contributed by atoms with E-state index in [-0.39, 0.29) is 0 Å². The highest BCUT2D eigenvalue weighted by atomic mass is 32.2. The summed E-state index contributed by atoms with van der Waals surface area (Å²) >= 11 is 0. The second kappa shape index (κ2) is 6.55. The summed E-state index contributed by atoms with van der Waals surface area (Å²) in [6.45, 7) is 3.37. The fourth-order valence-electron chi connectivity index (χ4n) is 1.68. The molecule has 0 amide bonds. The lowest BCUT2D eigenvalue weighted by Gasteiger charge is -2.22. The van der Waals surface area contributed by atoms with Crippen molar-refractivity contribution in [1.82, 2.24) is 5.32 Å². The molecule has 1 aliphatic rings. The topological polar surface area (TPSA) is 29.1 Å². The smallest absolute Gasteiger partial charge is 0.0249 e. The van der Waals surface area contributed by atoms with E-state index in [0.717, 1.165) is 30.9 Å². The van der Waals surface area contributed by atoms with Gasteiger partial charge in [-0.05, 0) is 25.8 Å². The first-order valence-electron chi connectivity index (χ1n) is 5.41. The molecule has 0 radical (unpaired) electrons. The number of unbranched alkanes of at least 4 members (excludes halogenated alkanes) is 2. The van der Waals surface area contributed by atoms with Gasteiger partial charge in [0, 0.05) is 28.3 Å². The van der Waals surface area contributed by atoms with Gasteiger partial charge in [0.25, 0.3) is 0 Å². The van der Waals surface area contributed by atoms with Crippen molar-refractivity contribution in [3.05, 3.63) is 0 Å². The van der Waals surface area contributed by atoms with Crippen LogP contribution >= 0.6 is 0 Å². The molecule has 0 atom stereocenters. The van der Waals surface area contributed by atoms with Gasteiger partial charge < -0.3 is 5.32 Å². The van der Waals surface area contributed by atoms with E-state index in [2.05, 4.69) is 12.2 Å². The summed E-state index contributed by atoms with van der Waals surface area (Å²) in [5.74, 6) is 1.82. The molecule has 0 aromatic heterocycles. The molecule has 0 unspecified atom stereocenters. The maximum absolute atomic E-state index is 11.1. The summed E-state index contributed by atoms with van der Waals surface area (Å²) in [5.41, 5.74) is 0. The van der Waals surface area contributed by atoms with E-state index in [1.807, 2.05) is 0 Å². The van der Waals surface area contributed by atoms with Crippen molar-refractivity contribution in [1.29, 1.82) is 0 Å². The van der Waals surface area contributed by atoms with Gasteiger partial charge in [-0.3, -0.25) is 4.21 Å². The van der Waals surface area contributed by atoms with Gasteiger partial charge in [0.05, 0.1) is 0 Å². The minimum absolute atomic E-state index is 0.510. The lowest BCUT2D eigenvalue weighted by molar-refractivity contribution is 0.465. The Kier molecular flexibility index (Phi) is 5.63. The Morgan fingerprint density at radius 2 is 2.00 bits per heavy atom. The Labute approximate surface area is 83.9 Å². The van der Waals surface area contributed by atoms with Gasteiger partial charge in [-0.15, -0.1) is 0 Å². The molecule has 78 valence electrons. The average molecular weight is 203 g/mol. The second-order valence-corrected chi connectivity index (χ2v) is 5.48. The van der Waals surface area contributed by atoms with Gasteiger partial charge >= 0.3 is 0 Å². The molecule has 1 fully saturated rings.